The number of hydrogen-bond donors (Lipinski definition) is 3. The Hall–Kier alpha value is -13.7. The number of pyridine rings is 3. The lowest BCUT2D eigenvalue weighted by Crippen LogP contribution is -2.44. The van der Waals surface area contributed by atoms with E-state index < -0.39 is 0 Å². The second-order valence-corrected chi connectivity index (χ2v) is 38.2. The SMILES string of the molecule is CN1CCN(c2ccc(Nc3ncc4c(=O)n5n(c4n3)-c3ccc4c(n3)N(CC3(CC=CC5)CC3)C(=O)CO4)cc2)CC1.CN1Cc2cc(Nc3ncc4c(=O)n5n(c4n3)-c3ccc4c(n3)N(CC3(CC=CC5)CC3)C(=O)CO4)ccc2C(C)(C)C1.CN1Cc2cc(Nc3ncc4c(=O)n5n(c4n3)-c3ccc4c(n3)N(CC3(CC=CC5)CC3)C(=O)CO4)ccc2C2(CC2)C1. The molecule has 18 heterocycles. The number of nitrogens with zero attached hydrogens (tertiary/aromatic N) is 22. The van der Waals surface area contributed by atoms with Crippen molar-refractivity contribution in [3.05, 3.63) is 205 Å². The normalized spacial score (nSPS) is 20.3. The van der Waals surface area contributed by atoms with Crippen LogP contribution in [0.2, 0.25) is 0 Å². The number of piperazine rings is 1. The predicted molar refractivity (Wildman–Crippen MR) is 488 cm³/mol. The maximum atomic E-state index is 13.7. The number of likely N-dealkylation sites (N-methyl/N-ethyl adjacent to an activating group) is 3. The quantitative estimate of drug-likeness (QED) is 0.125. The van der Waals surface area contributed by atoms with Crippen molar-refractivity contribution in [1.29, 1.82) is 0 Å². The zero-order chi connectivity index (χ0) is 87.6. The number of anilines is 10. The summed E-state index contributed by atoms with van der Waals surface area (Å²) in [5, 5.41) is 11.2. The molecule has 9 aromatic heterocycles. The molecule has 5 fully saturated rings. The van der Waals surface area contributed by atoms with Gasteiger partial charge in [0.2, 0.25) is 17.8 Å². The van der Waals surface area contributed by atoms with E-state index in [0.29, 0.717) is 148 Å². The smallest absolute Gasteiger partial charge is 0.278 e. The maximum Gasteiger partial charge on any atom is 0.278 e. The number of carbonyl (C=O) groups is 3. The van der Waals surface area contributed by atoms with Gasteiger partial charge in [-0.25, -0.2) is 58.0 Å². The van der Waals surface area contributed by atoms with Crippen molar-refractivity contribution < 1.29 is 28.6 Å². The number of carbonyl (C=O) groups excluding carboxylic acids is 3. The first-order valence-electron chi connectivity index (χ1n) is 44.8. The van der Waals surface area contributed by atoms with Crippen LogP contribution >= 0.6 is 0 Å². The number of rotatable bonds is 7. The number of aromatic nitrogens is 15. The summed E-state index contributed by atoms with van der Waals surface area (Å²) >= 11 is 0. The maximum absolute atomic E-state index is 13.7. The van der Waals surface area contributed by atoms with Crippen LogP contribution in [0.5, 0.6) is 17.2 Å². The van der Waals surface area contributed by atoms with Crippen LogP contribution in [-0.2, 0) is 57.9 Å². The third kappa shape index (κ3) is 14.6. The Balaban J connectivity index is 0.000000110. The Bertz CT molecular complexity index is 6680. The van der Waals surface area contributed by atoms with Gasteiger partial charge in [0.05, 0.1) is 19.6 Å². The highest BCUT2D eigenvalue weighted by molar-refractivity contribution is 5.99. The van der Waals surface area contributed by atoms with E-state index in [1.807, 2.05) is 60.7 Å². The fraction of sp³-hybridized carbons (Fsp3) is 0.400. The first-order valence-corrected chi connectivity index (χ1v) is 44.8. The molecule has 0 atom stereocenters. The molecule has 658 valence electrons. The molecule has 3 aromatic carbocycles. The largest absolute Gasteiger partial charge is 0.480 e. The number of nitrogens with one attached hydrogen (secondary N) is 3. The fourth-order valence-electron chi connectivity index (χ4n) is 20.5. The summed E-state index contributed by atoms with van der Waals surface area (Å²) in [7, 11) is 6.48. The van der Waals surface area contributed by atoms with E-state index in [9.17, 15) is 28.8 Å². The van der Waals surface area contributed by atoms with Crippen LogP contribution in [0.15, 0.2) is 166 Å². The molecule has 34 heteroatoms. The van der Waals surface area contributed by atoms with E-state index in [1.165, 1.54) is 40.8 Å². The zero-order valence-electron chi connectivity index (χ0n) is 72.7. The minimum atomic E-state index is -0.204. The molecule has 0 radical (unpaired) electrons. The van der Waals surface area contributed by atoms with Gasteiger partial charge in [-0.05, 0) is 215 Å². The van der Waals surface area contributed by atoms with Crippen molar-refractivity contribution in [1.82, 2.24) is 87.6 Å². The van der Waals surface area contributed by atoms with Crippen LogP contribution in [0.1, 0.15) is 107 Å². The van der Waals surface area contributed by atoms with Gasteiger partial charge in [0.1, 0.15) is 16.2 Å². The number of fused-ring (bicyclic) bond motifs is 18. The molecule has 0 unspecified atom stereocenters. The molecule has 1 saturated heterocycles. The summed E-state index contributed by atoms with van der Waals surface area (Å²) in [6.07, 6.45) is 28.5. The molecule has 34 nitrogen and oxygen atoms in total. The first-order chi connectivity index (χ1) is 62.6. The van der Waals surface area contributed by atoms with Gasteiger partial charge in [-0.1, -0.05) is 62.4 Å². The summed E-state index contributed by atoms with van der Waals surface area (Å²) in [5.74, 6) is 5.46. The van der Waals surface area contributed by atoms with Crippen LogP contribution < -0.4 is 66.4 Å². The Kier molecular flexibility index (Phi) is 18.9. The number of hydrogen-bond acceptors (Lipinski definition) is 25. The van der Waals surface area contributed by atoms with Crippen molar-refractivity contribution in [2.45, 2.75) is 128 Å². The molecule has 4 saturated carbocycles. The van der Waals surface area contributed by atoms with E-state index in [0.717, 1.165) is 127 Å². The molecule has 13 aliphatic rings. The van der Waals surface area contributed by atoms with Gasteiger partial charge in [-0.15, -0.1) is 0 Å². The van der Waals surface area contributed by atoms with Crippen molar-refractivity contribution in [2.24, 2.45) is 16.2 Å². The summed E-state index contributed by atoms with van der Waals surface area (Å²) < 4.78 is 27.3. The van der Waals surface area contributed by atoms with Gasteiger partial charge in [0.15, 0.2) is 88.9 Å². The fourth-order valence-corrected chi connectivity index (χ4v) is 20.5. The van der Waals surface area contributed by atoms with E-state index in [-0.39, 0.29) is 75.9 Å². The molecule has 6 bridgehead atoms. The summed E-state index contributed by atoms with van der Waals surface area (Å²) in [6, 6.07) is 32.1. The molecular weight excluding hydrogens is 1640 g/mol. The first kappa shape index (κ1) is 79.9. The van der Waals surface area contributed by atoms with Crippen LogP contribution in [0.4, 0.5) is 58.0 Å². The predicted octanol–water partition coefficient (Wildman–Crippen LogP) is 10.5. The minimum absolute atomic E-state index is 0.000670. The molecule has 129 heavy (non-hydrogen) atoms. The molecule has 12 aromatic rings. The highest BCUT2D eigenvalue weighted by Gasteiger charge is 2.51. The van der Waals surface area contributed by atoms with Crippen LogP contribution in [0, 0.1) is 16.2 Å². The average molecular weight is 1740 g/mol. The molecule has 4 aliphatic carbocycles. The molecule has 3 amide bonds. The van der Waals surface area contributed by atoms with Gasteiger partial charge < -0.3 is 49.8 Å². The Morgan fingerprint density at radius 3 is 1.14 bits per heavy atom. The Labute approximate surface area is 741 Å². The van der Waals surface area contributed by atoms with Crippen LogP contribution in [-0.4, -0.2) is 205 Å². The average Bonchev–Trinajstić information content (AvgIpc) is 1.65. The topological polar surface area (TPSA) is 334 Å². The molecule has 25 rings (SSSR count). The van der Waals surface area contributed by atoms with Crippen molar-refractivity contribution in [3.63, 3.8) is 0 Å². The number of allylic oxidation sites excluding steroid dienone is 6. The van der Waals surface area contributed by atoms with Crippen LogP contribution in [0.3, 0.4) is 0 Å². The monoisotopic (exact) mass is 1730 g/mol. The molecule has 3 N–H and O–H groups in total. The highest BCUT2D eigenvalue weighted by atomic mass is 16.5. The van der Waals surface area contributed by atoms with Gasteiger partial charge in [0, 0.05) is 124 Å². The lowest BCUT2D eigenvalue weighted by molar-refractivity contribution is -0.122. The van der Waals surface area contributed by atoms with Crippen molar-refractivity contribution in [3.8, 4) is 34.7 Å². The van der Waals surface area contributed by atoms with Gasteiger partial charge >= 0.3 is 0 Å². The van der Waals surface area contributed by atoms with E-state index in [1.54, 1.807) is 67.4 Å². The summed E-state index contributed by atoms with van der Waals surface area (Å²) in [6.45, 7) is 15.4. The third-order valence-corrected chi connectivity index (χ3v) is 28.2. The Morgan fingerprint density at radius 1 is 0.372 bits per heavy atom. The van der Waals surface area contributed by atoms with Gasteiger partial charge in [-0.3, -0.25) is 43.5 Å². The second-order valence-electron chi connectivity index (χ2n) is 38.2. The molecule has 4 spiro atoms. The van der Waals surface area contributed by atoms with E-state index in [2.05, 4.69) is 152 Å². The standard InChI is InChI=1S/C32H32N8O3.C32H34N8O3.C31H33N9O3/c1-37-16-20-14-21(4-5-23(20)32(19-37)11-12-32)34-30-33-15-22-27(36-30)40-25-7-6-24-28(35-25)38(26(41)17-43-24)18-31(9-10-31)8-2-3-13-39(40)29(22)42;1-31(2)18-37(3)16-20-14-21(6-7-23(20)31)34-30-33-15-22-27(36-30)40-25-9-8-24-28(35-25)38(26(41)17-43-24)19-32(11-12-32)10-4-5-13-39(40)29(22)42;1-36-14-16-37(17-15-36)22-6-4-21(5-7-22)33-30-32-18-23-27(35-30)40-25-9-8-24-28(34-25)38(26(41)19-43-24)20-31(11-12-31)10-2-3-13-39(40)29(23)42/h2-7,14-15H,8-13,16-19H2,1H3,(H,33,34,36);4-9,14-15H,10-13,16-19H2,1-3H3,(H,33,34,36);2-9,18H,10-17,19-20H2,1H3,(H,32,33,35). The van der Waals surface area contributed by atoms with E-state index in [4.69, 9.17) is 44.1 Å². The number of benzene rings is 3. The zero-order valence-corrected chi connectivity index (χ0v) is 72.7. The number of ether oxygens (including phenoxy) is 3. The van der Waals surface area contributed by atoms with Crippen LogP contribution in [0.25, 0.3) is 50.6 Å². The Morgan fingerprint density at radius 2 is 0.744 bits per heavy atom. The van der Waals surface area contributed by atoms with Gasteiger partial charge in [-0.2, -0.15) is 15.0 Å². The molecular formula is C95H99N25O9. The van der Waals surface area contributed by atoms with Crippen molar-refractivity contribution in [2.75, 3.05) is 135 Å². The van der Waals surface area contributed by atoms with Gasteiger partial charge in [0.25, 0.3) is 34.4 Å². The highest BCUT2D eigenvalue weighted by Crippen LogP contribution is 2.55. The third-order valence-electron chi connectivity index (χ3n) is 28.2. The van der Waals surface area contributed by atoms with E-state index >= 15 is 0 Å². The number of amides is 3. The summed E-state index contributed by atoms with van der Waals surface area (Å²) in [5.41, 5.74) is 10.5. The van der Waals surface area contributed by atoms with Crippen molar-refractivity contribution >= 4 is 109 Å². The minimum Gasteiger partial charge on any atom is -0.480 e. The second kappa shape index (κ2) is 30.5. The lowest BCUT2D eigenvalue weighted by atomic mass is 9.78. The lowest BCUT2D eigenvalue weighted by Gasteiger charge is -2.38. The summed E-state index contributed by atoms with van der Waals surface area (Å²) in [4.78, 5) is 138. The molecule has 9 aliphatic heterocycles.